The van der Waals surface area contributed by atoms with Crippen LogP contribution in [0.25, 0.3) is 0 Å². The van der Waals surface area contributed by atoms with Crippen LogP contribution in [0.1, 0.15) is 23.6 Å². The number of nitrogens with one attached hydrogen (secondary N) is 2. The van der Waals surface area contributed by atoms with Crippen LogP contribution in [-0.4, -0.2) is 46.8 Å². The molecule has 0 radical (unpaired) electrons. The van der Waals surface area contributed by atoms with Gasteiger partial charge in [0.2, 0.25) is 0 Å². The minimum Gasteiger partial charge on any atom is -0.367 e. The molecule has 1 aliphatic rings. The SMILES string of the molecule is CN=C(NCCN1c2ccccc2CC1C)NCc1cc(F)ccc1CS(C)(=O)=O.I. The van der Waals surface area contributed by atoms with Crippen molar-refractivity contribution in [2.45, 2.75) is 31.7 Å². The molecule has 170 valence electrons. The van der Waals surface area contributed by atoms with Crippen LogP contribution in [0.2, 0.25) is 0 Å². The highest BCUT2D eigenvalue weighted by Gasteiger charge is 2.24. The van der Waals surface area contributed by atoms with Crippen LogP contribution in [-0.2, 0) is 28.6 Å². The maximum absolute atomic E-state index is 13.7. The second-order valence-corrected chi connectivity index (χ2v) is 9.85. The maximum Gasteiger partial charge on any atom is 0.191 e. The Morgan fingerprint density at radius 3 is 2.65 bits per heavy atom. The number of hydrogen-bond donors (Lipinski definition) is 2. The van der Waals surface area contributed by atoms with Gasteiger partial charge in [0.25, 0.3) is 0 Å². The maximum atomic E-state index is 13.7. The van der Waals surface area contributed by atoms with E-state index >= 15 is 0 Å². The molecule has 1 atom stereocenters. The van der Waals surface area contributed by atoms with Crippen molar-refractivity contribution in [3.05, 3.63) is 65.0 Å². The Balaban J connectivity index is 0.00000341. The monoisotopic (exact) mass is 560 g/mol. The van der Waals surface area contributed by atoms with Gasteiger partial charge in [-0.25, -0.2) is 12.8 Å². The molecule has 2 aromatic rings. The van der Waals surface area contributed by atoms with E-state index in [0.717, 1.165) is 13.0 Å². The Morgan fingerprint density at radius 1 is 1.19 bits per heavy atom. The third kappa shape index (κ3) is 7.06. The number of fused-ring (bicyclic) bond motifs is 1. The van der Waals surface area contributed by atoms with Crippen molar-refractivity contribution in [1.29, 1.82) is 0 Å². The Kier molecular flexibility index (Phi) is 9.11. The van der Waals surface area contributed by atoms with Crippen molar-refractivity contribution in [3.63, 3.8) is 0 Å². The molecule has 0 saturated heterocycles. The topological polar surface area (TPSA) is 73.8 Å². The summed E-state index contributed by atoms with van der Waals surface area (Å²) in [4.78, 5) is 6.60. The molecule has 0 bridgehead atoms. The minimum absolute atomic E-state index is 0. The number of aliphatic imine (C=N–C) groups is 1. The first-order chi connectivity index (χ1) is 14.3. The van der Waals surface area contributed by atoms with Crippen LogP contribution in [0, 0.1) is 5.82 Å². The molecule has 1 heterocycles. The molecule has 1 unspecified atom stereocenters. The molecule has 0 aromatic heterocycles. The van der Waals surface area contributed by atoms with Gasteiger partial charge in [0.05, 0.1) is 5.75 Å². The van der Waals surface area contributed by atoms with Crippen molar-refractivity contribution in [3.8, 4) is 0 Å². The number of guanidine groups is 1. The number of nitrogens with zero attached hydrogens (tertiary/aromatic N) is 2. The number of benzene rings is 2. The summed E-state index contributed by atoms with van der Waals surface area (Å²) in [5.41, 5.74) is 3.84. The Hall–Kier alpha value is -1.88. The number of sulfone groups is 1. The molecule has 0 aliphatic carbocycles. The van der Waals surface area contributed by atoms with E-state index in [1.54, 1.807) is 7.05 Å². The summed E-state index contributed by atoms with van der Waals surface area (Å²) in [6.45, 7) is 4.03. The lowest BCUT2D eigenvalue weighted by Crippen LogP contribution is -2.42. The predicted octanol–water partition coefficient (Wildman–Crippen LogP) is 3.10. The fourth-order valence-electron chi connectivity index (χ4n) is 3.85. The zero-order valence-corrected chi connectivity index (χ0v) is 21.2. The molecule has 0 fully saturated rings. The van der Waals surface area contributed by atoms with Gasteiger partial charge in [-0.1, -0.05) is 24.3 Å². The smallest absolute Gasteiger partial charge is 0.191 e. The number of anilines is 1. The molecule has 2 N–H and O–H groups in total. The average molecular weight is 560 g/mol. The van der Waals surface area contributed by atoms with Gasteiger partial charge < -0.3 is 15.5 Å². The molecule has 6 nitrogen and oxygen atoms in total. The first-order valence-electron chi connectivity index (χ1n) is 10.0. The predicted molar refractivity (Wildman–Crippen MR) is 136 cm³/mol. The van der Waals surface area contributed by atoms with E-state index in [-0.39, 0.29) is 36.3 Å². The lowest BCUT2D eigenvalue weighted by atomic mass is 10.1. The lowest BCUT2D eigenvalue weighted by molar-refractivity contribution is 0.599. The van der Waals surface area contributed by atoms with Crippen LogP contribution in [0.5, 0.6) is 0 Å². The number of rotatable bonds is 7. The van der Waals surface area contributed by atoms with Crippen molar-refractivity contribution in [1.82, 2.24) is 10.6 Å². The van der Waals surface area contributed by atoms with Gasteiger partial charge in [-0.05, 0) is 48.2 Å². The van der Waals surface area contributed by atoms with E-state index in [1.807, 2.05) is 0 Å². The van der Waals surface area contributed by atoms with Gasteiger partial charge >= 0.3 is 0 Å². The van der Waals surface area contributed by atoms with Crippen molar-refractivity contribution >= 4 is 45.5 Å². The number of hydrogen-bond acceptors (Lipinski definition) is 4. The van der Waals surface area contributed by atoms with Crippen LogP contribution < -0.4 is 15.5 Å². The highest BCUT2D eigenvalue weighted by molar-refractivity contribution is 14.0. The standard InChI is InChI=1S/C22H29FN4O2S.HI/c1-16-12-17-6-4-5-7-21(17)27(16)11-10-25-22(24-2)26-14-19-13-20(23)9-8-18(19)15-30(3,28)29;/h4-9,13,16H,10-12,14-15H2,1-3H3,(H2,24,25,26);1H. The third-order valence-corrected chi connectivity index (χ3v) is 6.08. The van der Waals surface area contributed by atoms with Crippen LogP contribution in [0.3, 0.4) is 0 Å². The van der Waals surface area contributed by atoms with E-state index in [1.165, 1.54) is 35.7 Å². The van der Waals surface area contributed by atoms with Crippen molar-refractivity contribution in [2.75, 3.05) is 31.3 Å². The highest BCUT2D eigenvalue weighted by atomic mass is 127. The quantitative estimate of drug-likeness (QED) is 0.310. The summed E-state index contributed by atoms with van der Waals surface area (Å²) in [5, 5.41) is 6.44. The van der Waals surface area contributed by atoms with Crippen LogP contribution in [0.15, 0.2) is 47.5 Å². The van der Waals surface area contributed by atoms with Crippen LogP contribution >= 0.6 is 24.0 Å². The summed E-state index contributed by atoms with van der Waals surface area (Å²) >= 11 is 0. The molecule has 31 heavy (non-hydrogen) atoms. The van der Waals surface area contributed by atoms with Crippen molar-refractivity contribution in [2.24, 2.45) is 4.99 Å². The first-order valence-corrected chi connectivity index (χ1v) is 12.1. The molecule has 2 aromatic carbocycles. The molecular weight excluding hydrogens is 530 g/mol. The summed E-state index contributed by atoms with van der Waals surface area (Å²) in [6.07, 6.45) is 2.22. The largest absolute Gasteiger partial charge is 0.367 e. The summed E-state index contributed by atoms with van der Waals surface area (Å²) in [6, 6.07) is 13.1. The van der Waals surface area contributed by atoms with Crippen LogP contribution in [0.4, 0.5) is 10.1 Å². The van der Waals surface area contributed by atoms with E-state index in [2.05, 4.69) is 51.7 Å². The van der Waals surface area contributed by atoms with Gasteiger partial charge in [-0.3, -0.25) is 4.99 Å². The second-order valence-electron chi connectivity index (χ2n) is 7.71. The van der Waals surface area contributed by atoms with E-state index in [9.17, 15) is 12.8 Å². The molecule has 3 rings (SSSR count). The molecule has 0 amide bonds. The minimum atomic E-state index is -3.21. The average Bonchev–Trinajstić information content (AvgIpc) is 3.00. The highest BCUT2D eigenvalue weighted by Crippen LogP contribution is 2.31. The van der Waals surface area contributed by atoms with Crippen molar-refractivity contribution < 1.29 is 12.8 Å². The van der Waals surface area contributed by atoms with Gasteiger partial charge in [0, 0.05) is 44.7 Å². The zero-order valence-electron chi connectivity index (χ0n) is 18.1. The van der Waals surface area contributed by atoms with Gasteiger partial charge in [0.15, 0.2) is 15.8 Å². The van der Waals surface area contributed by atoms with Gasteiger partial charge in [0.1, 0.15) is 5.82 Å². The van der Waals surface area contributed by atoms with Gasteiger partial charge in [-0.2, -0.15) is 0 Å². The number of para-hydroxylation sites is 1. The lowest BCUT2D eigenvalue weighted by Gasteiger charge is -2.25. The Bertz CT molecular complexity index is 1030. The third-order valence-electron chi connectivity index (χ3n) is 5.25. The molecule has 0 saturated carbocycles. The fraction of sp³-hybridized carbons (Fsp3) is 0.409. The molecule has 9 heteroatoms. The second kappa shape index (κ2) is 11.1. The Labute approximate surface area is 201 Å². The zero-order chi connectivity index (χ0) is 21.7. The van der Waals surface area contributed by atoms with E-state index < -0.39 is 15.7 Å². The number of halogens is 2. The normalized spacial score (nSPS) is 15.9. The molecule has 1 aliphatic heterocycles. The fourth-order valence-corrected chi connectivity index (χ4v) is 4.69. The van der Waals surface area contributed by atoms with Gasteiger partial charge in [-0.15, -0.1) is 24.0 Å². The Morgan fingerprint density at radius 2 is 1.94 bits per heavy atom. The molecular formula is C22H30FIN4O2S. The van der Waals surface area contributed by atoms with E-state index in [0.29, 0.717) is 29.7 Å². The summed E-state index contributed by atoms with van der Waals surface area (Å²) in [7, 11) is -1.54. The first kappa shape index (κ1) is 25.4. The van der Waals surface area contributed by atoms with E-state index in [4.69, 9.17) is 0 Å². The summed E-state index contributed by atoms with van der Waals surface area (Å²) in [5.74, 6) is 0.0705. The summed E-state index contributed by atoms with van der Waals surface area (Å²) < 4.78 is 37.0. The molecule has 0 spiro atoms.